The van der Waals surface area contributed by atoms with Crippen molar-refractivity contribution in [3.8, 4) is 6.07 Å². The standard InChI is InChI=1S/C10H10N2O/c1-2-12(10(13)8-11)9-6-4-3-5-7-9/h3-7H,2H2,1H3. The average molecular weight is 174 g/mol. The van der Waals surface area contributed by atoms with Crippen LogP contribution >= 0.6 is 0 Å². The van der Waals surface area contributed by atoms with Gasteiger partial charge in [-0.05, 0) is 19.1 Å². The number of rotatable bonds is 2. The molecule has 0 heterocycles. The topological polar surface area (TPSA) is 44.1 Å². The summed E-state index contributed by atoms with van der Waals surface area (Å²) in [6.07, 6.45) is 0. The third kappa shape index (κ3) is 2.06. The Morgan fingerprint density at radius 3 is 2.54 bits per heavy atom. The minimum absolute atomic E-state index is 0.510. The molecule has 13 heavy (non-hydrogen) atoms. The molecule has 1 rings (SSSR count). The maximum Gasteiger partial charge on any atom is 0.329 e. The SMILES string of the molecule is CCN(C(=O)C#N)c1ccccc1. The molecular formula is C10H10N2O. The van der Waals surface area contributed by atoms with E-state index in [4.69, 9.17) is 5.26 Å². The van der Waals surface area contributed by atoms with E-state index in [9.17, 15) is 4.79 Å². The van der Waals surface area contributed by atoms with Crippen LogP contribution in [0.5, 0.6) is 0 Å². The lowest BCUT2D eigenvalue weighted by molar-refractivity contribution is -0.113. The Hall–Kier alpha value is -1.82. The smallest absolute Gasteiger partial charge is 0.300 e. The van der Waals surface area contributed by atoms with Gasteiger partial charge in [-0.25, -0.2) is 0 Å². The number of benzene rings is 1. The monoisotopic (exact) mass is 174 g/mol. The first-order valence-electron chi connectivity index (χ1n) is 4.06. The first-order chi connectivity index (χ1) is 6.29. The van der Waals surface area contributed by atoms with Gasteiger partial charge in [0.05, 0.1) is 0 Å². The highest BCUT2D eigenvalue weighted by atomic mass is 16.2. The summed E-state index contributed by atoms with van der Waals surface area (Å²) in [6, 6.07) is 10.8. The van der Waals surface area contributed by atoms with Crippen LogP contribution in [0, 0.1) is 11.3 Å². The zero-order valence-corrected chi connectivity index (χ0v) is 7.40. The van der Waals surface area contributed by atoms with Gasteiger partial charge in [-0.15, -0.1) is 0 Å². The van der Waals surface area contributed by atoms with Gasteiger partial charge in [0.1, 0.15) is 0 Å². The van der Waals surface area contributed by atoms with Crippen LogP contribution in [0.15, 0.2) is 30.3 Å². The zero-order valence-electron chi connectivity index (χ0n) is 7.40. The molecule has 3 heteroatoms. The van der Waals surface area contributed by atoms with E-state index in [1.165, 1.54) is 4.90 Å². The number of hydrogen-bond acceptors (Lipinski definition) is 2. The summed E-state index contributed by atoms with van der Waals surface area (Å²) in [5, 5.41) is 8.46. The van der Waals surface area contributed by atoms with Gasteiger partial charge in [-0.2, -0.15) is 5.26 Å². The minimum atomic E-state index is -0.520. The minimum Gasteiger partial charge on any atom is -0.300 e. The fourth-order valence-corrected chi connectivity index (χ4v) is 1.11. The molecule has 0 unspecified atom stereocenters. The fraction of sp³-hybridized carbons (Fsp3) is 0.200. The van der Waals surface area contributed by atoms with Crippen molar-refractivity contribution < 1.29 is 4.79 Å². The number of amides is 1. The molecule has 0 aromatic heterocycles. The third-order valence-electron chi connectivity index (χ3n) is 1.72. The van der Waals surface area contributed by atoms with Crippen molar-refractivity contribution in [3.05, 3.63) is 30.3 Å². The van der Waals surface area contributed by atoms with Crippen LogP contribution in [0.2, 0.25) is 0 Å². The highest BCUT2D eigenvalue weighted by Crippen LogP contribution is 2.12. The van der Waals surface area contributed by atoms with E-state index in [0.29, 0.717) is 6.54 Å². The Morgan fingerprint density at radius 2 is 2.08 bits per heavy atom. The van der Waals surface area contributed by atoms with Gasteiger partial charge < -0.3 is 4.90 Å². The highest BCUT2D eigenvalue weighted by Gasteiger charge is 2.11. The second kappa shape index (κ2) is 4.27. The maximum absolute atomic E-state index is 11.1. The van der Waals surface area contributed by atoms with Gasteiger partial charge in [0, 0.05) is 12.2 Å². The predicted molar refractivity (Wildman–Crippen MR) is 50.1 cm³/mol. The van der Waals surface area contributed by atoms with E-state index in [1.54, 1.807) is 18.2 Å². The van der Waals surface area contributed by atoms with Crippen LogP contribution in [0.1, 0.15) is 6.92 Å². The Labute approximate surface area is 77.2 Å². The Morgan fingerprint density at radius 1 is 1.46 bits per heavy atom. The summed E-state index contributed by atoms with van der Waals surface area (Å²) >= 11 is 0. The van der Waals surface area contributed by atoms with E-state index in [0.717, 1.165) is 5.69 Å². The molecule has 0 fully saturated rings. The van der Waals surface area contributed by atoms with Gasteiger partial charge in [0.25, 0.3) is 0 Å². The lowest BCUT2D eigenvalue weighted by Crippen LogP contribution is -2.28. The normalized spacial score (nSPS) is 8.92. The molecule has 0 spiro atoms. The van der Waals surface area contributed by atoms with Crippen molar-refractivity contribution >= 4 is 11.6 Å². The maximum atomic E-state index is 11.1. The van der Waals surface area contributed by atoms with Gasteiger partial charge >= 0.3 is 5.91 Å². The average Bonchev–Trinajstić information content (AvgIpc) is 2.20. The second-order valence-electron chi connectivity index (χ2n) is 2.50. The summed E-state index contributed by atoms with van der Waals surface area (Å²) < 4.78 is 0. The van der Waals surface area contributed by atoms with Crippen LogP contribution in [0.3, 0.4) is 0 Å². The molecule has 0 aliphatic rings. The van der Waals surface area contributed by atoms with Gasteiger partial charge in [0.2, 0.25) is 0 Å². The molecule has 0 aliphatic heterocycles. The van der Waals surface area contributed by atoms with Crippen LogP contribution < -0.4 is 4.90 Å². The van der Waals surface area contributed by atoms with Crippen LogP contribution in [-0.2, 0) is 4.79 Å². The summed E-state index contributed by atoms with van der Waals surface area (Å²) in [6.45, 7) is 2.35. The quantitative estimate of drug-likeness (QED) is 0.638. The molecule has 0 radical (unpaired) electrons. The Bertz CT molecular complexity index is 327. The number of nitriles is 1. The van der Waals surface area contributed by atoms with E-state index < -0.39 is 5.91 Å². The molecule has 3 nitrogen and oxygen atoms in total. The van der Waals surface area contributed by atoms with E-state index in [-0.39, 0.29) is 0 Å². The molecular weight excluding hydrogens is 164 g/mol. The molecule has 1 aromatic rings. The number of carbonyl (C=O) groups is 1. The molecule has 1 aromatic carbocycles. The zero-order chi connectivity index (χ0) is 9.68. The molecule has 0 bridgehead atoms. The molecule has 0 saturated carbocycles. The lowest BCUT2D eigenvalue weighted by atomic mass is 10.3. The Kier molecular flexibility index (Phi) is 3.04. The van der Waals surface area contributed by atoms with Crippen molar-refractivity contribution in [2.75, 3.05) is 11.4 Å². The summed E-state index contributed by atoms with van der Waals surface area (Å²) in [7, 11) is 0. The van der Waals surface area contributed by atoms with Crippen molar-refractivity contribution in [3.63, 3.8) is 0 Å². The number of carbonyl (C=O) groups excluding carboxylic acids is 1. The summed E-state index contributed by atoms with van der Waals surface area (Å²) in [5.74, 6) is -0.520. The van der Waals surface area contributed by atoms with Gasteiger partial charge in [-0.1, -0.05) is 18.2 Å². The fourth-order valence-electron chi connectivity index (χ4n) is 1.11. The van der Waals surface area contributed by atoms with Crippen molar-refractivity contribution in [2.24, 2.45) is 0 Å². The van der Waals surface area contributed by atoms with E-state index >= 15 is 0 Å². The molecule has 0 N–H and O–H groups in total. The molecule has 1 amide bonds. The van der Waals surface area contributed by atoms with Gasteiger partial charge in [0.15, 0.2) is 6.07 Å². The number of para-hydroxylation sites is 1. The van der Waals surface area contributed by atoms with Crippen LogP contribution in [0.25, 0.3) is 0 Å². The third-order valence-corrected chi connectivity index (χ3v) is 1.72. The first kappa shape index (κ1) is 9.27. The van der Waals surface area contributed by atoms with Crippen LogP contribution in [0.4, 0.5) is 5.69 Å². The van der Waals surface area contributed by atoms with Crippen molar-refractivity contribution in [2.45, 2.75) is 6.92 Å². The predicted octanol–water partition coefficient (Wildman–Crippen LogP) is 1.56. The number of nitrogens with zero attached hydrogens (tertiary/aromatic N) is 2. The molecule has 0 atom stereocenters. The molecule has 0 saturated heterocycles. The number of anilines is 1. The summed E-state index contributed by atoms with van der Waals surface area (Å²) in [4.78, 5) is 12.5. The van der Waals surface area contributed by atoms with Crippen molar-refractivity contribution in [1.29, 1.82) is 5.26 Å². The van der Waals surface area contributed by atoms with Crippen molar-refractivity contribution in [1.82, 2.24) is 0 Å². The Balaban J connectivity index is 2.93. The second-order valence-corrected chi connectivity index (χ2v) is 2.50. The summed E-state index contributed by atoms with van der Waals surface area (Å²) in [5.41, 5.74) is 0.761. The van der Waals surface area contributed by atoms with E-state index in [1.807, 2.05) is 25.1 Å². The molecule has 66 valence electrons. The lowest BCUT2D eigenvalue weighted by Gasteiger charge is -2.16. The number of hydrogen-bond donors (Lipinski definition) is 0. The first-order valence-corrected chi connectivity index (χ1v) is 4.06. The molecule has 0 aliphatic carbocycles. The van der Waals surface area contributed by atoms with E-state index in [2.05, 4.69) is 0 Å². The van der Waals surface area contributed by atoms with Crippen LogP contribution in [-0.4, -0.2) is 12.5 Å². The largest absolute Gasteiger partial charge is 0.329 e. The highest BCUT2D eigenvalue weighted by molar-refractivity contribution is 6.04. The van der Waals surface area contributed by atoms with Gasteiger partial charge in [-0.3, -0.25) is 4.79 Å².